The van der Waals surface area contributed by atoms with Crippen LogP contribution in [0.1, 0.15) is 0 Å². The Morgan fingerprint density at radius 3 is 2.05 bits per heavy atom. The largest absolute Gasteiger partial charge is 0.233 e. The number of benzene rings is 2. The first kappa shape index (κ1) is 13.8. The van der Waals surface area contributed by atoms with E-state index in [4.69, 9.17) is 0 Å². The Morgan fingerprint density at radius 2 is 1.47 bits per heavy atom. The smallest absolute Gasteiger partial charge is 0.216 e. The number of halogens is 1. The molecule has 0 aromatic heterocycles. The van der Waals surface area contributed by atoms with Crippen molar-refractivity contribution < 1.29 is 12.8 Å². The number of thioether (sulfide) groups is 1. The molecule has 19 heavy (non-hydrogen) atoms. The van der Waals surface area contributed by atoms with Crippen LogP contribution in [0.2, 0.25) is 0 Å². The summed E-state index contributed by atoms with van der Waals surface area (Å²) in [5, 5.41) is -0.134. The molecule has 2 aromatic carbocycles. The number of hydrogen-bond acceptors (Lipinski definition) is 3. The Hall–Kier alpha value is -1.59. The van der Waals surface area contributed by atoms with Crippen LogP contribution in [0.15, 0.2) is 81.0 Å². The van der Waals surface area contributed by atoms with E-state index < -0.39 is 15.0 Å². The van der Waals surface area contributed by atoms with E-state index in [1.807, 2.05) is 6.07 Å². The van der Waals surface area contributed by atoms with Crippen LogP contribution in [0.4, 0.5) is 4.39 Å². The first-order valence-electron chi connectivity index (χ1n) is 5.48. The molecule has 0 spiro atoms. The van der Waals surface area contributed by atoms with Crippen LogP contribution in [0.3, 0.4) is 0 Å². The molecule has 0 atom stereocenters. The standard InChI is InChI=1S/C14H11FO2S2/c15-14(11-18-12-7-3-1-4-8-12)19(16,17)13-9-5-2-6-10-13/h1-11H/b14-11-. The molecular formula is C14H11FO2S2. The van der Waals surface area contributed by atoms with Gasteiger partial charge in [0.1, 0.15) is 0 Å². The zero-order valence-corrected chi connectivity index (χ0v) is 11.5. The molecule has 0 unspecified atom stereocenters. The summed E-state index contributed by atoms with van der Waals surface area (Å²) in [5.74, 6) is 0. The van der Waals surface area contributed by atoms with Gasteiger partial charge in [-0.1, -0.05) is 48.2 Å². The van der Waals surface area contributed by atoms with Crippen molar-refractivity contribution in [2.24, 2.45) is 0 Å². The van der Waals surface area contributed by atoms with E-state index in [1.54, 1.807) is 42.5 Å². The van der Waals surface area contributed by atoms with Gasteiger partial charge in [-0.2, -0.15) is 4.39 Å². The average Bonchev–Trinajstić information content (AvgIpc) is 2.46. The van der Waals surface area contributed by atoms with Crippen LogP contribution in [0.25, 0.3) is 0 Å². The molecule has 0 radical (unpaired) electrons. The van der Waals surface area contributed by atoms with E-state index in [-0.39, 0.29) is 4.90 Å². The van der Waals surface area contributed by atoms with Crippen LogP contribution in [0.5, 0.6) is 0 Å². The molecule has 0 aliphatic heterocycles. The quantitative estimate of drug-likeness (QED) is 0.799. The summed E-state index contributed by atoms with van der Waals surface area (Å²) >= 11 is 1.03. The molecule has 0 saturated heterocycles. The van der Waals surface area contributed by atoms with E-state index in [1.165, 1.54) is 12.1 Å². The third-order valence-corrected chi connectivity index (χ3v) is 4.88. The minimum absolute atomic E-state index is 0.0441. The van der Waals surface area contributed by atoms with Gasteiger partial charge in [0, 0.05) is 10.3 Å². The van der Waals surface area contributed by atoms with Gasteiger partial charge in [-0.05, 0) is 24.3 Å². The molecule has 0 amide bonds. The minimum atomic E-state index is -4.04. The van der Waals surface area contributed by atoms with Gasteiger partial charge in [-0.3, -0.25) is 0 Å². The number of sulfone groups is 1. The molecule has 0 aliphatic rings. The topological polar surface area (TPSA) is 34.1 Å². The lowest BCUT2D eigenvalue weighted by Crippen LogP contribution is -2.00. The van der Waals surface area contributed by atoms with Gasteiger partial charge >= 0.3 is 0 Å². The van der Waals surface area contributed by atoms with Crippen LogP contribution in [-0.4, -0.2) is 8.42 Å². The Morgan fingerprint density at radius 1 is 0.947 bits per heavy atom. The monoisotopic (exact) mass is 294 g/mol. The predicted molar refractivity (Wildman–Crippen MR) is 75.1 cm³/mol. The van der Waals surface area contributed by atoms with E-state index in [9.17, 15) is 12.8 Å². The zero-order chi connectivity index (χ0) is 13.7. The highest BCUT2D eigenvalue weighted by Gasteiger charge is 2.20. The lowest BCUT2D eigenvalue weighted by Gasteiger charge is -2.01. The predicted octanol–water partition coefficient (Wildman–Crippen LogP) is 4.02. The van der Waals surface area contributed by atoms with Gasteiger partial charge in [0.15, 0.2) is 0 Å². The Balaban J connectivity index is 2.22. The van der Waals surface area contributed by atoms with E-state index in [2.05, 4.69) is 0 Å². The summed E-state index contributed by atoms with van der Waals surface area (Å²) < 4.78 is 37.6. The highest BCUT2D eigenvalue weighted by atomic mass is 32.2. The van der Waals surface area contributed by atoms with Crippen LogP contribution >= 0.6 is 11.8 Å². The average molecular weight is 294 g/mol. The SMILES string of the molecule is O=S(=O)(/C(F)=C\Sc1ccccc1)c1ccccc1. The van der Waals surface area contributed by atoms with Crippen molar-refractivity contribution in [1.29, 1.82) is 0 Å². The Kier molecular flexibility index (Phi) is 4.39. The van der Waals surface area contributed by atoms with Crippen molar-refractivity contribution in [2.75, 3.05) is 0 Å². The van der Waals surface area contributed by atoms with E-state index >= 15 is 0 Å². The van der Waals surface area contributed by atoms with Gasteiger partial charge in [0.2, 0.25) is 15.0 Å². The van der Waals surface area contributed by atoms with Crippen LogP contribution in [-0.2, 0) is 9.84 Å². The van der Waals surface area contributed by atoms with Crippen molar-refractivity contribution in [2.45, 2.75) is 9.79 Å². The summed E-state index contributed by atoms with van der Waals surface area (Å²) in [5.41, 5.74) is 0. The van der Waals surface area contributed by atoms with Crippen LogP contribution < -0.4 is 0 Å². The number of rotatable bonds is 4. The first-order valence-corrected chi connectivity index (χ1v) is 7.84. The molecule has 0 saturated carbocycles. The molecule has 2 nitrogen and oxygen atoms in total. The summed E-state index contributed by atoms with van der Waals surface area (Å²) in [6.07, 6.45) is 0. The zero-order valence-electron chi connectivity index (χ0n) is 9.86. The third-order valence-electron chi connectivity index (χ3n) is 2.34. The Labute approximate surface area is 115 Å². The molecule has 0 bridgehead atoms. The van der Waals surface area contributed by atoms with Crippen molar-refractivity contribution in [3.8, 4) is 0 Å². The molecule has 2 aromatic rings. The second-order valence-electron chi connectivity index (χ2n) is 3.67. The van der Waals surface area contributed by atoms with Gasteiger partial charge < -0.3 is 0 Å². The highest BCUT2D eigenvalue weighted by molar-refractivity contribution is 8.03. The maximum atomic E-state index is 13.8. The second-order valence-corrected chi connectivity index (χ2v) is 6.48. The fourth-order valence-corrected chi connectivity index (χ4v) is 3.32. The van der Waals surface area contributed by atoms with Crippen molar-refractivity contribution in [3.05, 3.63) is 71.2 Å². The molecular weight excluding hydrogens is 283 g/mol. The maximum Gasteiger partial charge on any atom is 0.233 e. The van der Waals surface area contributed by atoms with E-state index in [0.717, 1.165) is 22.1 Å². The fourth-order valence-electron chi connectivity index (χ4n) is 1.39. The lowest BCUT2D eigenvalue weighted by molar-refractivity contribution is 0.578. The summed E-state index contributed by atoms with van der Waals surface area (Å²) in [6, 6.07) is 16.6. The molecule has 0 fully saturated rings. The van der Waals surface area contributed by atoms with E-state index in [0.29, 0.717) is 0 Å². The molecule has 98 valence electrons. The van der Waals surface area contributed by atoms with Crippen molar-refractivity contribution in [1.82, 2.24) is 0 Å². The fraction of sp³-hybridized carbons (Fsp3) is 0. The van der Waals surface area contributed by atoms with Gasteiger partial charge in [-0.15, -0.1) is 0 Å². The molecule has 2 rings (SSSR count). The third kappa shape index (κ3) is 3.45. The summed E-state index contributed by atoms with van der Waals surface area (Å²) in [7, 11) is -4.04. The molecule has 0 N–H and O–H groups in total. The van der Waals surface area contributed by atoms with Crippen molar-refractivity contribution in [3.63, 3.8) is 0 Å². The van der Waals surface area contributed by atoms with Gasteiger partial charge in [-0.25, -0.2) is 8.42 Å². The maximum absolute atomic E-state index is 13.8. The Bertz CT molecular complexity index is 665. The summed E-state index contributed by atoms with van der Waals surface area (Å²) in [4.78, 5) is 0.735. The minimum Gasteiger partial charge on any atom is -0.216 e. The first-order chi connectivity index (χ1) is 9.10. The second kappa shape index (κ2) is 6.04. The lowest BCUT2D eigenvalue weighted by atomic mass is 10.4. The summed E-state index contributed by atoms with van der Waals surface area (Å²) in [6.45, 7) is 0. The van der Waals surface area contributed by atoms with Gasteiger partial charge in [0.25, 0.3) is 0 Å². The molecule has 5 heteroatoms. The highest BCUT2D eigenvalue weighted by Crippen LogP contribution is 2.26. The normalized spacial score (nSPS) is 12.4. The van der Waals surface area contributed by atoms with Crippen molar-refractivity contribution >= 4 is 21.6 Å². The van der Waals surface area contributed by atoms with Crippen LogP contribution in [0, 0.1) is 0 Å². The van der Waals surface area contributed by atoms with Gasteiger partial charge in [0.05, 0.1) is 4.90 Å². The number of hydrogen-bond donors (Lipinski definition) is 0. The molecule has 0 aliphatic carbocycles. The molecule has 0 heterocycles.